The van der Waals surface area contributed by atoms with Crippen LogP contribution in [-0.4, -0.2) is 30.5 Å². The molecule has 1 aliphatic carbocycles. The van der Waals surface area contributed by atoms with Gasteiger partial charge >= 0.3 is 0 Å². The van der Waals surface area contributed by atoms with Crippen LogP contribution in [0.1, 0.15) is 25.7 Å². The topological polar surface area (TPSA) is 41.5 Å². The van der Waals surface area contributed by atoms with Crippen molar-refractivity contribution in [1.29, 1.82) is 0 Å². The summed E-state index contributed by atoms with van der Waals surface area (Å²) in [5.41, 5.74) is -0.439. The number of halogens is 3. The molecule has 0 saturated heterocycles. The first-order valence-electron chi connectivity index (χ1n) is 6.74. The average Bonchev–Trinajstić information content (AvgIpc) is 2.88. The number of rotatable bonds is 6. The number of nitrogens with one attached hydrogen (secondary N) is 1. The van der Waals surface area contributed by atoms with Crippen LogP contribution in [0.4, 0.5) is 18.9 Å². The zero-order valence-corrected chi connectivity index (χ0v) is 11.0. The number of ether oxygens (including phenoxy) is 1. The van der Waals surface area contributed by atoms with Crippen molar-refractivity contribution in [3.63, 3.8) is 0 Å². The Morgan fingerprint density at radius 1 is 1.20 bits per heavy atom. The summed E-state index contributed by atoms with van der Waals surface area (Å²) in [4.78, 5) is 0. The monoisotopic (exact) mass is 289 g/mol. The fourth-order valence-electron chi connectivity index (χ4n) is 2.29. The smallest absolute Gasteiger partial charge is 0.152 e. The van der Waals surface area contributed by atoms with Crippen LogP contribution in [0.25, 0.3) is 0 Å². The summed E-state index contributed by atoms with van der Waals surface area (Å²) < 4.78 is 44.9. The van der Waals surface area contributed by atoms with Gasteiger partial charge in [0, 0.05) is 18.7 Å². The van der Waals surface area contributed by atoms with Crippen molar-refractivity contribution >= 4 is 5.69 Å². The Labute approximate surface area is 115 Å². The van der Waals surface area contributed by atoms with Crippen molar-refractivity contribution in [1.82, 2.24) is 0 Å². The fourth-order valence-corrected chi connectivity index (χ4v) is 2.29. The second-order valence-corrected chi connectivity index (χ2v) is 5.02. The SMILES string of the molecule is OC(CNc1c(F)cc(F)cc1F)COC1CCCC1. The molecular weight excluding hydrogens is 271 g/mol. The summed E-state index contributed by atoms with van der Waals surface area (Å²) in [7, 11) is 0. The van der Waals surface area contributed by atoms with Crippen LogP contribution in [0.5, 0.6) is 0 Å². The lowest BCUT2D eigenvalue weighted by molar-refractivity contribution is -0.00121. The van der Waals surface area contributed by atoms with Gasteiger partial charge in [0.1, 0.15) is 11.5 Å². The molecule has 1 aromatic carbocycles. The van der Waals surface area contributed by atoms with Crippen molar-refractivity contribution in [2.24, 2.45) is 0 Å². The molecule has 1 saturated carbocycles. The average molecular weight is 289 g/mol. The predicted molar refractivity (Wildman–Crippen MR) is 69.0 cm³/mol. The first-order chi connectivity index (χ1) is 9.56. The molecule has 3 nitrogen and oxygen atoms in total. The highest BCUT2D eigenvalue weighted by Gasteiger charge is 2.17. The lowest BCUT2D eigenvalue weighted by atomic mass is 10.2. The second-order valence-electron chi connectivity index (χ2n) is 5.02. The molecule has 2 rings (SSSR count). The molecule has 0 radical (unpaired) electrons. The number of aliphatic hydroxyl groups excluding tert-OH is 1. The number of aliphatic hydroxyl groups is 1. The molecule has 1 atom stereocenters. The van der Waals surface area contributed by atoms with Crippen LogP contribution in [0, 0.1) is 17.5 Å². The summed E-state index contributed by atoms with van der Waals surface area (Å²) >= 11 is 0. The van der Waals surface area contributed by atoms with Crippen molar-refractivity contribution in [3.05, 3.63) is 29.6 Å². The summed E-state index contributed by atoms with van der Waals surface area (Å²) in [6, 6.07) is 1.18. The lowest BCUT2D eigenvalue weighted by Gasteiger charge is -2.17. The molecule has 0 aliphatic heterocycles. The van der Waals surface area contributed by atoms with Crippen molar-refractivity contribution in [2.75, 3.05) is 18.5 Å². The zero-order chi connectivity index (χ0) is 14.5. The normalized spacial score (nSPS) is 17.4. The number of hydrogen-bond acceptors (Lipinski definition) is 3. The van der Waals surface area contributed by atoms with Crippen molar-refractivity contribution < 1.29 is 23.0 Å². The molecule has 1 unspecified atom stereocenters. The minimum Gasteiger partial charge on any atom is -0.389 e. The molecule has 1 fully saturated rings. The molecule has 112 valence electrons. The van der Waals surface area contributed by atoms with E-state index in [4.69, 9.17) is 4.74 Å². The molecule has 2 N–H and O–H groups in total. The van der Waals surface area contributed by atoms with Crippen LogP contribution in [0.3, 0.4) is 0 Å². The van der Waals surface area contributed by atoms with Crippen LogP contribution in [0.15, 0.2) is 12.1 Å². The Hall–Kier alpha value is -1.27. The van der Waals surface area contributed by atoms with Gasteiger partial charge in [-0.3, -0.25) is 0 Å². The van der Waals surface area contributed by atoms with Crippen LogP contribution in [0.2, 0.25) is 0 Å². The quantitative estimate of drug-likeness (QED) is 0.846. The van der Waals surface area contributed by atoms with E-state index in [0.29, 0.717) is 12.1 Å². The van der Waals surface area contributed by atoms with E-state index < -0.39 is 29.2 Å². The minimum atomic E-state index is -1.02. The first-order valence-corrected chi connectivity index (χ1v) is 6.74. The van der Waals surface area contributed by atoms with Gasteiger partial charge in [0.2, 0.25) is 0 Å². The van der Waals surface area contributed by atoms with Gasteiger partial charge in [-0.05, 0) is 12.8 Å². The molecule has 0 amide bonds. The molecule has 0 aromatic heterocycles. The zero-order valence-electron chi connectivity index (χ0n) is 11.0. The number of anilines is 1. The standard InChI is InChI=1S/C14H18F3NO2/c15-9-5-12(16)14(13(17)6-9)18-7-10(19)8-20-11-3-1-2-4-11/h5-6,10-11,18-19H,1-4,7-8H2. The number of hydrogen-bond donors (Lipinski definition) is 2. The van der Waals surface area contributed by atoms with Crippen LogP contribution in [-0.2, 0) is 4.74 Å². The Morgan fingerprint density at radius 2 is 1.80 bits per heavy atom. The van der Waals surface area contributed by atoms with Gasteiger partial charge < -0.3 is 15.2 Å². The second kappa shape index (κ2) is 6.95. The van der Waals surface area contributed by atoms with E-state index in [0.717, 1.165) is 25.7 Å². The summed E-state index contributed by atoms with van der Waals surface area (Å²) in [5.74, 6) is -3.02. The lowest BCUT2D eigenvalue weighted by Crippen LogP contribution is -2.27. The highest BCUT2D eigenvalue weighted by molar-refractivity contribution is 5.46. The van der Waals surface area contributed by atoms with Gasteiger partial charge in [0.05, 0.1) is 18.8 Å². The molecule has 20 heavy (non-hydrogen) atoms. The van der Waals surface area contributed by atoms with Crippen molar-refractivity contribution in [3.8, 4) is 0 Å². The van der Waals surface area contributed by atoms with Gasteiger partial charge in [0.15, 0.2) is 11.6 Å². The highest BCUT2D eigenvalue weighted by Crippen LogP contribution is 2.22. The molecule has 0 bridgehead atoms. The van der Waals surface area contributed by atoms with Gasteiger partial charge in [-0.2, -0.15) is 0 Å². The number of benzene rings is 1. The minimum absolute atomic E-state index is 0.0633. The van der Waals surface area contributed by atoms with E-state index in [2.05, 4.69) is 5.32 Å². The summed E-state index contributed by atoms with van der Waals surface area (Å²) in [6.45, 7) is 0.0499. The Bertz CT molecular complexity index is 427. The maximum atomic E-state index is 13.3. The predicted octanol–water partition coefficient (Wildman–Crippen LogP) is 2.84. The van der Waals surface area contributed by atoms with E-state index in [9.17, 15) is 18.3 Å². The van der Waals surface area contributed by atoms with E-state index >= 15 is 0 Å². The summed E-state index contributed by atoms with van der Waals surface area (Å²) in [5, 5.41) is 12.1. The van der Waals surface area contributed by atoms with Gasteiger partial charge in [-0.25, -0.2) is 13.2 Å². The van der Waals surface area contributed by atoms with Crippen LogP contribution < -0.4 is 5.32 Å². The Balaban J connectivity index is 1.79. The molecular formula is C14H18F3NO2. The largest absolute Gasteiger partial charge is 0.389 e. The Kier molecular flexibility index (Phi) is 5.25. The highest BCUT2D eigenvalue weighted by atomic mass is 19.1. The molecule has 6 heteroatoms. The van der Waals surface area contributed by atoms with Crippen molar-refractivity contribution in [2.45, 2.75) is 37.9 Å². The van der Waals surface area contributed by atoms with Crippen LogP contribution >= 0.6 is 0 Å². The van der Waals surface area contributed by atoms with E-state index in [-0.39, 0.29) is 19.3 Å². The van der Waals surface area contributed by atoms with Gasteiger partial charge in [-0.1, -0.05) is 12.8 Å². The Morgan fingerprint density at radius 3 is 2.40 bits per heavy atom. The van der Waals surface area contributed by atoms with E-state index in [1.165, 1.54) is 0 Å². The molecule has 0 spiro atoms. The fraction of sp³-hybridized carbons (Fsp3) is 0.571. The van der Waals surface area contributed by atoms with E-state index in [1.807, 2.05) is 0 Å². The molecule has 1 aliphatic rings. The third kappa shape index (κ3) is 4.11. The third-order valence-corrected chi connectivity index (χ3v) is 3.35. The third-order valence-electron chi connectivity index (χ3n) is 3.35. The summed E-state index contributed by atoms with van der Waals surface area (Å²) in [6.07, 6.45) is 3.53. The maximum absolute atomic E-state index is 13.3. The maximum Gasteiger partial charge on any atom is 0.152 e. The molecule has 0 heterocycles. The van der Waals surface area contributed by atoms with Gasteiger partial charge in [-0.15, -0.1) is 0 Å². The molecule has 1 aromatic rings. The van der Waals surface area contributed by atoms with E-state index in [1.54, 1.807) is 0 Å². The van der Waals surface area contributed by atoms with Gasteiger partial charge in [0.25, 0.3) is 0 Å². The first kappa shape index (κ1) is 15.1.